The van der Waals surface area contributed by atoms with E-state index in [1.807, 2.05) is 54.6 Å². The summed E-state index contributed by atoms with van der Waals surface area (Å²) in [5.41, 5.74) is 11.3. The number of benzene rings is 2. The Morgan fingerprint density at radius 3 is 2.33 bits per heavy atom. The highest BCUT2D eigenvalue weighted by Gasteiger charge is 2.23. The monoisotopic (exact) mass is 452 g/mol. The third kappa shape index (κ3) is 7.98. The predicted molar refractivity (Wildman–Crippen MR) is 125 cm³/mol. The normalized spacial score (nSPS) is 13.5. The van der Waals surface area contributed by atoms with Crippen molar-refractivity contribution < 1.29 is 14.6 Å². The molecule has 0 bridgehead atoms. The number of aliphatic hydroxyl groups excluding tert-OH is 1. The number of nitrogens with one attached hydrogen (secondary N) is 1. The van der Waals surface area contributed by atoms with E-state index in [1.165, 1.54) is 0 Å². The summed E-state index contributed by atoms with van der Waals surface area (Å²) in [6, 6.07) is 17.0. The molecule has 1 amide bonds. The van der Waals surface area contributed by atoms with E-state index in [-0.39, 0.29) is 6.54 Å². The topological polar surface area (TPSA) is 119 Å². The lowest BCUT2D eigenvalue weighted by Gasteiger charge is -2.29. The van der Waals surface area contributed by atoms with Crippen LogP contribution in [0.3, 0.4) is 0 Å². The summed E-state index contributed by atoms with van der Waals surface area (Å²) < 4.78 is 7.19. The minimum Gasteiger partial charge on any atom is -0.443 e. The zero-order valence-electron chi connectivity index (χ0n) is 19.3. The molecule has 9 nitrogen and oxygen atoms in total. The van der Waals surface area contributed by atoms with Gasteiger partial charge in [0.05, 0.1) is 6.10 Å². The van der Waals surface area contributed by atoms with Gasteiger partial charge in [-0.2, -0.15) is 0 Å². The average molecular weight is 453 g/mol. The van der Waals surface area contributed by atoms with E-state index in [2.05, 4.69) is 15.6 Å². The molecule has 2 aromatic carbocycles. The summed E-state index contributed by atoms with van der Waals surface area (Å²) in [4.78, 5) is 12.4. The Balaban J connectivity index is 1.67. The lowest BCUT2D eigenvalue weighted by Crippen LogP contribution is -2.51. The maximum absolute atomic E-state index is 12.4. The van der Waals surface area contributed by atoms with Gasteiger partial charge in [0.25, 0.3) is 0 Å². The van der Waals surface area contributed by atoms with Crippen molar-refractivity contribution in [3.8, 4) is 5.69 Å². The van der Waals surface area contributed by atoms with E-state index < -0.39 is 23.8 Å². The van der Waals surface area contributed by atoms with E-state index in [0.717, 1.165) is 16.8 Å². The van der Waals surface area contributed by atoms with Gasteiger partial charge in [-0.15, -0.1) is 10.2 Å². The minimum absolute atomic E-state index is 0.139. The van der Waals surface area contributed by atoms with Gasteiger partial charge in [-0.3, -0.25) is 9.99 Å². The van der Waals surface area contributed by atoms with Gasteiger partial charge in [-0.05, 0) is 50.5 Å². The van der Waals surface area contributed by atoms with E-state index in [9.17, 15) is 9.90 Å². The second kappa shape index (κ2) is 11.0. The van der Waals surface area contributed by atoms with Crippen LogP contribution in [-0.4, -0.2) is 55.3 Å². The molecule has 9 heteroatoms. The Bertz CT molecular complexity index is 987. The van der Waals surface area contributed by atoms with Crippen LogP contribution in [0, 0.1) is 0 Å². The van der Waals surface area contributed by atoms with Crippen LogP contribution in [0.1, 0.15) is 31.9 Å². The highest BCUT2D eigenvalue weighted by Crippen LogP contribution is 2.13. The van der Waals surface area contributed by atoms with Crippen molar-refractivity contribution in [2.45, 2.75) is 51.5 Å². The van der Waals surface area contributed by atoms with Gasteiger partial charge >= 0.3 is 6.09 Å². The Morgan fingerprint density at radius 2 is 1.73 bits per heavy atom. The van der Waals surface area contributed by atoms with Gasteiger partial charge in [0.2, 0.25) is 0 Å². The van der Waals surface area contributed by atoms with Crippen LogP contribution >= 0.6 is 0 Å². The number of hydrogen-bond donors (Lipinski definition) is 3. The largest absolute Gasteiger partial charge is 0.443 e. The lowest BCUT2D eigenvalue weighted by atomic mass is 10.0. The van der Waals surface area contributed by atoms with E-state index >= 15 is 0 Å². The molecule has 3 rings (SSSR count). The molecule has 0 radical (unpaired) electrons. The highest BCUT2D eigenvalue weighted by molar-refractivity contribution is 5.67. The second-order valence-corrected chi connectivity index (χ2v) is 8.95. The number of amides is 1. The molecule has 0 fully saturated rings. The maximum Gasteiger partial charge on any atom is 0.422 e. The van der Waals surface area contributed by atoms with Crippen molar-refractivity contribution in [3.05, 3.63) is 78.4 Å². The number of nitrogens with two attached hydrogens (primary N) is 1. The molecular formula is C24H32N6O3. The summed E-state index contributed by atoms with van der Waals surface area (Å²) in [5, 5.41) is 20.0. The van der Waals surface area contributed by atoms with Crippen LogP contribution in [0.15, 0.2) is 67.3 Å². The van der Waals surface area contributed by atoms with Crippen molar-refractivity contribution in [3.63, 3.8) is 0 Å². The number of aliphatic hydroxyl groups is 1. The lowest BCUT2D eigenvalue weighted by molar-refractivity contribution is 0.0171. The second-order valence-electron chi connectivity index (χ2n) is 8.95. The van der Waals surface area contributed by atoms with Gasteiger partial charge in [-0.1, -0.05) is 42.5 Å². The number of ether oxygens (including phenoxy) is 1. The summed E-state index contributed by atoms with van der Waals surface area (Å²) in [6.45, 7) is 5.89. The average Bonchev–Trinajstić information content (AvgIpc) is 3.28. The van der Waals surface area contributed by atoms with Gasteiger partial charge in [0.15, 0.2) is 0 Å². The molecule has 1 aromatic heterocycles. The third-order valence-corrected chi connectivity index (χ3v) is 4.89. The van der Waals surface area contributed by atoms with Crippen molar-refractivity contribution in [1.29, 1.82) is 0 Å². The number of carbonyl (C=O) groups is 1. The molecule has 4 N–H and O–H groups in total. The van der Waals surface area contributed by atoms with Gasteiger partial charge < -0.3 is 15.6 Å². The molecular weight excluding hydrogens is 420 g/mol. The quantitative estimate of drug-likeness (QED) is 0.427. The number of nitrogens with zero attached hydrogens (tertiary/aromatic N) is 4. The van der Waals surface area contributed by atoms with E-state index in [1.54, 1.807) is 43.0 Å². The van der Waals surface area contributed by atoms with Crippen LogP contribution in [-0.2, 0) is 17.7 Å². The van der Waals surface area contributed by atoms with Crippen molar-refractivity contribution in [1.82, 2.24) is 25.2 Å². The Hall–Kier alpha value is -3.27. The Kier molecular flexibility index (Phi) is 8.16. The standard InChI is InChI=1S/C24H32N6O3/c1-24(2,3)33-23(32)28-30(15-22(31)21(25)13-18-7-5-4-6-8-18)14-19-9-11-20(12-10-19)29-16-26-27-17-29/h4-12,16-17,21-22,31H,13-15,25H2,1-3H3,(H,28,32)/t21-,22-/m0/s1. The molecule has 3 aromatic rings. The molecule has 0 aliphatic heterocycles. The van der Waals surface area contributed by atoms with E-state index in [4.69, 9.17) is 10.5 Å². The molecule has 33 heavy (non-hydrogen) atoms. The summed E-state index contributed by atoms with van der Waals surface area (Å²) >= 11 is 0. The highest BCUT2D eigenvalue weighted by atomic mass is 16.6. The molecule has 1 heterocycles. The SMILES string of the molecule is CC(C)(C)OC(=O)NN(Cc1ccc(-n2cnnc2)cc1)C[C@H](O)[C@@H](N)Cc1ccccc1. The number of carbonyl (C=O) groups excluding carboxylic acids is 1. The molecule has 0 unspecified atom stereocenters. The van der Waals surface area contributed by atoms with Gasteiger partial charge in [0, 0.05) is 24.8 Å². The number of rotatable bonds is 9. The molecule has 0 aliphatic carbocycles. The zero-order chi connectivity index (χ0) is 23.8. The third-order valence-electron chi connectivity index (χ3n) is 4.89. The summed E-state index contributed by atoms with van der Waals surface area (Å²) in [7, 11) is 0. The first-order chi connectivity index (χ1) is 15.7. The molecule has 176 valence electrons. The first-order valence-corrected chi connectivity index (χ1v) is 10.9. The van der Waals surface area contributed by atoms with Crippen LogP contribution in [0.4, 0.5) is 4.79 Å². The fraction of sp³-hybridized carbons (Fsp3) is 0.375. The summed E-state index contributed by atoms with van der Waals surface area (Å²) in [6.07, 6.45) is 2.31. The van der Waals surface area contributed by atoms with Crippen molar-refractivity contribution in [2.24, 2.45) is 5.73 Å². The van der Waals surface area contributed by atoms with E-state index in [0.29, 0.717) is 13.0 Å². The zero-order valence-corrected chi connectivity index (χ0v) is 19.3. The maximum atomic E-state index is 12.4. The first kappa shape index (κ1) is 24.4. The Labute approximate surface area is 194 Å². The molecule has 0 aliphatic rings. The molecule has 0 spiro atoms. The van der Waals surface area contributed by atoms with Crippen LogP contribution in [0.5, 0.6) is 0 Å². The predicted octanol–water partition coefficient (Wildman–Crippen LogP) is 2.44. The van der Waals surface area contributed by atoms with Gasteiger partial charge in [0.1, 0.15) is 18.3 Å². The molecule has 0 saturated carbocycles. The van der Waals surface area contributed by atoms with Crippen LogP contribution in [0.2, 0.25) is 0 Å². The fourth-order valence-electron chi connectivity index (χ4n) is 3.29. The first-order valence-electron chi connectivity index (χ1n) is 10.9. The Morgan fingerprint density at radius 1 is 1.09 bits per heavy atom. The number of hydrazine groups is 1. The van der Waals surface area contributed by atoms with Gasteiger partial charge in [-0.25, -0.2) is 9.80 Å². The molecule has 0 saturated heterocycles. The van der Waals surface area contributed by atoms with Crippen LogP contribution in [0.25, 0.3) is 5.69 Å². The number of aromatic nitrogens is 3. The molecule has 2 atom stereocenters. The van der Waals surface area contributed by atoms with Crippen molar-refractivity contribution >= 4 is 6.09 Å². The summed E-state index contributed by atoms with van der Waals surface area (Å²) in [5.74, 6) is 0. The number of hydrogen-bond acceptors (Lipinski definition) is 7. The minimum atomic E-state index is -0.864. The fourth-order valence-corrected chi connectivity index (χ4v) is 3.29. The van der Waals surface area contributed by atoms with Crippen LogP contribution < -0.4 is 11.2 Å². The van der Waals surface area contributed by atoms with Crippen molar-refractivity contribution in [2.75, 3.05) is 6.54 Å². The smallest absolute Gasteiger partial charge is 0.422 e.